The molecule has 1 aliphatic rings. The number of nitrogens with zero attached hydrogens (tertiary/aromatic N) is 2. The molecule has 0 atom stereocenters. The van der Waals surface area contributed by atoms with Crippen molar-refractivity contribution in [3.63, 3.8) is 0 Å². The number of imidazole rings is 1. The van der Waals surface area contributed by atoms with E-state index in [0.717, 1.165) is 22.2 Å². The van der Waals surface area contributed by atoms with Gasteiger partial charge in [0, 0.05) is 25.0 Å². The molecule has 7 heteroatoms. The lowest BCUT2D eigenvalue weighted by Gasteiger charge is -2.22. The average molecular weight is 550 g/mol. The molecule has 0 radical (unpaired) electrons. The maximum atomic E-state index is 13.6. The second-order valence-electron chi connectivity index (χ2n) is 10.6. The predicted octanol–water partition coefficient (Wildman–Crippen LogP) is 6.24. The quantitative estimate of drug-likeness (QED) is 0.300. The van der Waals surface area contributed by atoms with Gasteiger partial charge in [0.1, 0.15) is 0 Å². The Hall–Kier alpha value is -3.32. The zero-order chi connectivity index (χ0) is 25.0. The zero-order valence-corrected chi connectivity index (χ0v) is 23.0. The van der Waals surface area contributed by atoms with Gasteiger partial charge in [0.15, 0.2) is 17.3 Å². The van der Waals surface area contributed by atoms with E-state index < -0.39 is 5.79 Å². The molecular formula is C29H32BrN3O3. The van der Waals surface area contributed by atoms with Gasteiger partial charge in [-0.25, -0.2) is 0 Å². The third-order valence-corrected chi connectivity index (χ3v) is 6.35. The number of benzene rings is 3. The van der Waals surface area contributed by atoms with Crippen LogP contribution in [0.2, 0.25) is 0 Å². The lowest BCUT2D eigenvalue weighted by Crippen LogP contribution is -2.30. The van der Waals surface area contributed by atoms with Crippen molar-refractivity contribution in [3.8, 4) is 11.5 Å². The maximum Gasteiger partial charge on any atom is 0.246 e. The van der Waals surface area contributed by atoms with E-state index in [9.17, 15) is 4.79 Å². The van der Waals surface area contributed by atoms with Crippen molar-refractivity contribution in [1.29, 1.82) is 5.41 Å². The number of ketones is 1. The Morgan fingerprint density at radius 1 is 0.917 bits per heavy atom. The molecular weight excluding hydrogens is 518 g/mol. The number of ether oxygens (including phenoxy) is 2. The van der Waals surface area contributed by atoms with Gasteiger partial charge in [-0.3, -0.25) is 10.2 Å². The van der Waals surface area contributed by atoms with Gasteiger partial charge in [-0.15, -0.1) is 17.0 Å². The molecule has 0 saturated heterocycles. The molecule has 0 unspecified atom stereocenters. The van der Waals surface area contributed by atoms with E-state index in [4.69, 9.17) is 14.9 Å². The second-order valence-corrected chi connectivity index (χ2v) is 10.6. The second kappa shape index (κ2) is 9.28. The Morgan fingerprint density at radius 2 is 1.53 bits per heavy atom. The molecule has 1 aromatic heterocycles. The fraction of sp³-hybridized carbons (Fsp3) is 0.310. The molecule has 36 heavy (non-hydrogen) atoms. The smallest absolute Gasteiger partial charge is 0.246 e. The van der Waals surface area contributed by atoms with E-state index in [1.165, 1.54) is 0 Å². The van der Waals surface area contributed by atoms with Crippen LogP contribution in [0.3, 0.4) is 0 Å². The molecule has 3 aromatic carbocycles. The van der Waals surface area contributed by atoms with E-state index in [-0.39, 0.29) is 34.7 Å². The first kappa shape index (κ1) is 25.8. The number of carbonyl (C=O) groups excluding carboxylic acids is 1. The van der Waals surface area contributed by atoms with Gasteiger partial charge in [0.25, 0.3) is 0 Å². The van der Waals surface area contributed by atoms with Gasteiger partial charge in [-0.05, 0) is 35.2 Å². The topological polar surface area (TPSA) is 69.2 Å². The number of para-hydroxylation sites is 2. The van der Waals surface area contributed by atoms with Crippen molar-refractivity contribution in [2.24, 2.45) is 0 Å². The van der Waals surface area contributed by atoms with Crippen LogP contribution in [0.15, 0.2) is 66.7 Å². The highest BCUT2D eigenvalue weighted by atomic mass is 79.9. The number of hydrogen-bond donors (Lipinski definition) is 1. The summed E-state index contributed by atoms with van der Waals surface area (Å²) in [7, 11) is 0. The van der Waals surface area contributed by atoms with Crippen molar-refractivity contribution < 1.29 is 14.3 Å². The standard InChI is InChI=1S/C29H31N3O3.BrH/c1-28(2,3)21-15-20(16-25-26(21)35-29(4,5)34-25)24(33)18-32-23-14-10-9-13-22(23)31(27(32)30)17-19-11-7-6-8-12-19;/h6-16,30H,17-18H2,1-5H3;1H. The van der Waals surface area contributed by atoms with Gasteiger partial charge >= 0.3 is 0 Å². The number of nitrogens with one attached hydrogen (secondary N) is 1. The first-order chi connectivity index (χ1) is 16.5. The van der Waals surface area contributed by atoms with Crippen LogP contribution in [0.25, 0.3) is 11.0 Å². The molecule has 0 amide bonds. The summed E-state index contributed by atoms with van der Waals surface area (Å²) in [5.74, 6) is 0.436. The Balaban J connectivity index is 0.00000304. The van der Waals surface area contributed by atoms with Crippen LogP contribution >= 0.6 is 17.0 Å². The molecule has 0 aliphatic carbocycles. The summed E-state index contributed by atoms with van der Waals surface area (Å²) in [5, 5.41) is 8.93. The van der Waals surface area contributed by atoms with Gasteiger partial charge in [-0.1, -0.05) is 63.2 Å². The molecule has 1 aliphatic heterocycles. The van der Waals surface area contributed by atoms with E-state index in [0.29, 0.717) is 29.2 Å². The SMILES string of the molecule is Br.CC1(C)Oc2cc(C(=O)Cn3c(=N)n(Cc4ccccc4)c4ccccc43)cc(C(C)(C)C)c2O1. The Kier molecular flexibility index (Phi) is 6.64. The average Bonchev–Trinajstić information content (AvgIpc) is 3.25. The number of fused-ring (bicyclic) bond motifs is 2. The van der Waals surface area contributed by atoms with E-state index in [1.807, 2.05) is 79.1 Å². The minimum atomic E-state index is -0.780. The largest absolute Gasteiger partial charge is 0.449 e. The van der Waals surface area contributed by atoms with E-state index in [2.05, 4.69) is 20.8 Å². The fourth-order valence-corrected chi connectivity index (χ4v) is 4.65. The highest BCUT2D eigenvalue weighted by Gasteiger charge is 2.37. The maximum absolute atomic E-state index is 13.6. The van der Waals surface area contributed by atoms with Gasteiger partial charge in [0.05, 0.1) is 24.1 Å². The minimum Gasteiger partial charge on any atom is -0.449 e. The molecule has 188 valence electrons. The summed E-state index contributed by atoms with van der Waals surface area (Å²) < 4.78 is 15.8. The first-order valence-corrected chi connectivity index (χ1v) is 11.9. The fourth-order valence-electron chi connectivity index (χ4n) is 4.65. The highest BCUT2D eigenvalue weighted by molar-refractivity contribution is 8.93. The summed E-state index contributed by atoms with van der Waals surface area (Å²) in [6, 6.07) is 21.6. The molecule has 0 spiro atoms. The van der Waals surface area contributed by atoms with Crippen LogP contribution < -0.4 is 15.1 Å². The van der Waals surface area contributed by atoms with Gasteiger partial charge < -0.3 is 18.6 Å². The van der Waals surface area contributed by atoms with Crippen LogP contribution in [0.4, 0.5) is 0 Å². The van der Waals surface area contributed by atoms with Crippen LogP contribution in [0.5, 0.6) is 11.5 Å². The summed E-state index contributed by atoms with van der Waals surface area (Å²) in [5.41, 5.74) is 4.45. The number of halogens is 1. The van der Waals surface area contributed by atoms with Crippen molar-refractivity contribution in [1.82, 2.24) is 9.13 Å². The molecule has 2 heterocycles. The van der Waals surface area contributed by atoms with Crippen LogP contribution in [-0.2, 0) is 18.5 Å². The number of rotatable bonds is 5. The van der Waals surface area contributed by atoms with E-state index in [1.54, 1.807) is 10.6 Å². The Morgan fingerprint density at radius 3 is 2.17 bits per heavy atom. The zero-order valence-electron chi connectivity index (χ0n) is 21.3. The Bertz CT molecular complexity index is 1490. The molecule has 0 fully saturated rings. The third-order valence-electron chi connectivity index (χ3n) is 6.35. The van der Waals surface area contributed by atoms with Crippen molar-refractivity contribution >= 4 is 33.8 Å². The third kappa shape index (κ3) is 4.72. The summed E-state index contributed by atoms with van der Waals surface area (Å²) >= 11 is 0. The normalized spacial score (nSPS) is 14.0. The van der Waals surface area contributed by atoms with Crippen LogP contribution in [0.1, 0.15) is 56.1 Å². The van der Waals surface area contributed by atoms with E-state index >= 15 is 0 Å². The molecule has 1 N–H and O–H groups in total. The lowest BCUT2D eigenvalue weighted by molar-refractivity contribution is -0.0437. The Labute approximate surface area is 221 Å². The predicted molar refractivity (Wildman–Crippen MR) is 146 cm³/mol. The molecule has 0 bridgehead atoms. The minimum absolute atomic E-state index is 0. The summed E-state index contributed by atoms with van der Waals surface area (Å²) in [6.07, 6.45) is 0. The number of hydrogen-bond acceptors (Lipinski definition) is 4. The first-order valence-electron chi connectivity index (χ1n) is 11.9. The summed E-state index contributed by atoms with van der Waals surface area (Å²) in [6.45, 7) is 10.6. The number of Topliss-reactive ketones (excluding diaryl/α,β-unsaturated/α-hetero) is 1. The van der Waals surface area contributed by atoms with Crippen LogP contribution in [0, 0.1) is 5.41 Å². The van der Waals surface area contributed by atoms with Crippen molar-refractivity contribution in [3.05, 3.63) is 89.0 Å². The summed E-state index contributed by atoms with van der Waals surface area (Å²) in [4.78, 5) is 13.6. The highest BCUT2D eigenvalue weighted by Crippen LogP contribution is 2.46. The van der Waals surface area contributed by atoms with Gasteiger partial charge in [0.2, 0.25) is 11.4 Å². The molecule has 0 saturated carbocycles. The van der Waals surface area contributed by atoms with Crippen LogP contribution in [-0.4, -0.2) is 20.7 Å². The lowest BCUT2D eigenvalue weighted by atomic mass is 9.84. The molecule has 5 rings (SSSR count). The van der Waals surface area contributed by atoms with Crippen molar-refractivity contribution in [2.75, 3.05) is 0 Å². The number of carbonyl (C=O) groups is 1. The van der Waals surface area contributed by atoms with Crippen molar-refractivity contribution in [2.45, 2.75) is 58.9 Å². The molecule has 6 nitrogen and oxygen atoms in total. The monoisotopic (exact) mass is 549 g/mol. The molecule has 4 aromatic rings. The number of aromatic nitrogens is 2. The van der Waals surface area contributed by atoms with Gasteiger partial charge in [-0.2, -0.15) is 0 Å².